The summed E-state index contributed by atoms with van der Waals surface area (Å²) in [6, 6.07) is 0. The van der Waals surface area contributed by atoms with Crippen molar-refractivity contribution >= 4 is 11.8 Å². The van der Waals surface area contributed by atoms with Gasteiger partial charge in [-0.3, -0.25) is 9.59 Å². The quantitative estimate of drug-likeness (QED) is 0.721. The van der Waals surface area contributed by atoms with Crippen molar-refractivity contribution in [3.8, 4) is 0 Å². The Morgan fingerprint density at radius 3 is 2.88 bits per heavy atom. The van der Waals surface area contributed by atoms with E-state index in [0.717, 1.165) is 6.42 Å². The van der Waals surface area contributed by atoms with E-state index in [1.165, 1.54) is 0 Å². The first-order valence-electron chi connectivity index (χ1n) is 6.04. The van der Waals surface area contributed by atoms with Crippen molar-refractivity contribution in [3.05, 3.63) is 12.2 Å². The van der Waals surface area contributed by atoms with Crippen LogP contribution in [0, 0.1) is 11.8 Å². The zero-order valence-electron chi connectivity index (χ0n) is 10.4. The number of hydrogen-bond donors (Lipinski definition) is 1. The van der Waals surface area contributed by atoms with Crippen molar-refractivity contribution < 1.29 is 19.4 Å². The second-order valence-electron chi connectivity index (χ2n) is 4.43. The van der Waals surface area contributed by atoms with Gasteiger partial charge in [-0.1, -0.05) is 19.1 Å². The van der Waals surface area contributed by atoms with Gasteiger partial charge in [-0.15, -0.1) is 0 Å². The molecule has 17 heavy (non-hydrogen) atoms. The molecule has 4 heteroatoms. The van der Waals surface area contributed by atoms with Crippen LogP contribution >= 0.6 is 0 Å². The van der Waals surface area contributed by atoms with E-state index < -0.39 is 5.97 Å². The molecule has 96 valence electrons. The highest BCUT2D eigenvalue weighted by molar-refractivity contribution is 5.85. The summed E-state index contributed by atoms with van der Waals surface area (Å²) < 4.78 is 5.32. The van der Waals surface area contributed by atoms with Crippen LogP contribution in [0.5, 0.6) is 0 Å². The summed E-state index contributed by atoms with van der Waals surface area (Å²) in [5, 5.41) is 8.84. The van der Waals surface area contributed by atoms with Crippen LogP contribution in [0.3, 0.4) is 0 Å². The first kappa shape index (κ1) is 13.9. The van der Waals surface area contributed by atoms with E-state index >= 15 is 0 Å². The summed E-state index contributed by atoms with van der Waals surface area (Å²) in [4.78, 5) is 22.6. The number of carbonyl (C=O) groups is 2. The lowest BCUT2D eigenvalue weighted by atomic mass is 9.87. The number of carboxylic acids is 1. The fraction of sp³-hybridized carbons (Fsp3) is 0.692. The molecule has 0 radical (unpaired) electrons. The summed E-state index contributed by atoms with van der Waals surface area (Å²) >= 11 is 0. The van der Waals surface area contributed by atoms with Crippen LogP contribution in [0.4, 0.5) is 0 Å². The van der Waals surface area contributed by atoms with Crippen molar-refractivity contribution in [1.29, 1.82) is 0 Å². The molecular formula is C13H20O4. The average molecular weight is 240 g/mol. The molecule has 3 atom stereocenters. The largest absolute Gasteiger partial charge is 0.481 e. The Balaban J connectivity index is 2.77. The Morgan fingerprint density at radius 2 is 2.35 bits per heavy atom. The summed E-state index contributed by atoms with van der Waals surface area (Å²) in [5.41, 5.74) is 0. The molecule has 1 rings (SSSR count). The van der Waals surface area contributed by atoms with Crippen LogP contribution in [0.25, 0.3) is 0 Å². The molecule has 0 bridgehead atoms. The van der Waals surface area contributed by atoms with Crippen molar-refractivity contribution in [1.82, 2.24) is 0 Å². The molecule has 1 fully saturated rings. The third-order valence-electron chi connectivity index (χ3n) is 3.27. The number of allylic oxidation sites excluding steroid dienone is 1. The molecule has 0 saturated heterocycles. The molecular weight excluding hydrogens is 220 g/mol. The Bertz CT molecular complexity index is 309. The number of aliphatic carboxylic acids is 1. The molecule has 1 N–H and O–H groups in total. The standard InChI is InChI=1S/C13H20O4/c1-3-4-5-11(17-2)13-9(8-12(15)16)6-7-10(13)14/h4-5,9,11,13H,3,6-8H2,1-2H3,(H,15,16)/b5-4-/t9-,11?,13-/m1/s1. The van der Waals surface area contributed by atoms with E-state index in [4.69, 9.17) is 9.84 Å². The number of carbonyl (C=O) groups excluding carboxylic acids is 1. The van der Waals surface area contributed by atoms with Gasteiger partial charge in [-0.2, -0.15) is 0 Å². The third kappa shape index (κ3) is 3.66. The van der Waals surface area contributed by atoms with Gasteiger partial charge in [0.25, 0.3) is 0 Å². The van der Waals surface area contributed by atoms with Gasteiger partial charge in [0.1, 0.15) is 5.78 Å². The highest BCUT2D eigenvalue weighted by Gasteiger charge is 2.40. The lowest BCUT2D eigenvalue weighted by molar-refractivity contribution is -0.138. The number of ether oxygens (including phenoxy) is 1. The molecule has 1 aliphatic rings. The molecule has 1 saturated carbocycles. The predicted molar refractivity (Wildman–Crippen MR) is 63.7 cm³/mol. The van der Waals surface area contributed by atoms with Crippen molar-refractivity contribution in [3.63, 3.8) is 0 Å². The Labute approximate surface area is 102 Å². The van der Waals surface area contributed by atoms with Crippen molar-refractivity contribution in [2.24, 2.45) is 11.8 Å². The smallest absolute Gasteiger partial charge is 0.303 e. The van der Waals surface area contributed by atoms with Gasteiger partial charge in [0, 0.05) is 20.0 Å². The maximum Gasteiger partial charge on any atom is 0.303 e. The van der Waals surface area contributed by atoms with Crippen molar-refractivity contribution in [2.45, 2.75) is 38.7 Å². The van der Waals surface area contributed by atoms with Gasteiger partial charge >= 0.3 is 5.97 Å². The molecule has 4 nitrogen and oxygen atoms in total. The van der Waals surface area contributed by atoms with E-state index in [1.807, 2.05) is 19.1 Å². The number of ketones is 1. The minimum absolute atomic E-state index is 0.0518. The highest BCUT2D eigenvalue weighted by Crippen LogP contribution is 2.35. The molecule has 0 aromatic carbocycles. The third-order valence-corrected chi connectivity index (χ3v) is 3.27. The molecule has 0 aliphatic heterocycles. The SMILES string of the molecule is CC/C=C\C(OC)[C@H]1C(=O)CC[C@@H]1CC(=O)O. The first-order valence-corrected chi connectivity index (χ1v) is 6.04. The van der Waals surface area contributed by atoms with Crippen LogP contribution < -0.4 is 0 Å². The van der Waals surface area contributed by atoms with Gasteiger partial charge in [-0.25, -0.2) is 0 Å². The van der Waals surface area contributed by atoms with E-state index in [2.05, 4.69) is 0 Å². The molecule has 0 spiro atoms. The van der Waals surface area contributed by atoms with Gasteiger partial charge < -0.3 is 9.84 Å². The summed E-state index contributed by atoms with van der Waals surface area (Å²) in [5.74, 6) is -1.10. The monoisotopic (exact) mass is 240 g/mol. The van der Waals surface area contributed by atoms with Gasteiger partial charge in [-0.05, 0) is 18.8 Å². The molecule has 1 unspecified atom stereocenters. The minimum Gasteiger partial charge on any atom is -0.481 e. The van der Waals surface area contributed by atoms with Crippen LogP contribution in [-0.4, -0.2) is 30.1 Å². The fourth-order valence-corrected chi connectivity index (χ4v) is 2.46. The maximum absolute atomic E-state index is 11.8. The van der Waals surface area contributed by atoms with Crippen LogP contribution in [0.15, 0.2) is 12.2 Å². The normalized spacial score (nSPS) is 26.6. The molecule has 0 aromatic heterocycles. The number of hydrogen-bond acceptors (Lipinski definition) is 3. The zero-order valence-corrected chi connectivity index (χ0v) is 10.4. The second kappa shape index (κ2) is 6.55. The van der Waals surface area contributed by atoms with Gasteiger partial charge in [0.15, 0.2) is 0 Å². The van der Waals surface area contributed by atoms with Crippen LogP contribution in [0.1, 0.15) is 32.6 Å². The van der Waals surface area contributed by atoms with E-state index in [9.17, 15) is 9.59 Å². The fourth-order valence-electron chi connectivity index (χ4n) is 2.46. The predicted octanol–water partition coefficient (Wildman–Crippen LogP) is 2.04. The number of carboxylic acid groups (broad SMARTS) is 1. The minimum atomic E-state index is -0.843. The first-order chi connectivity index (χ1) is 8.10. The maximum atomic E-state index is 11.8. The molecule has 0 aromatic rings. The average Bonchev–Trinajstić information content (AvgIpc) is 2.62. The lowest BCUT2D eigenvalue weighted by Crippen LogP contribution is -2.30. The van der Waals surface area contributed by atoms with Gasteiger partial charge in [0.2, 0.25) is 0 Å². The van der Waals surface area contributed by atoms with E-state index in [0.29, 0.717) is 12.8 Å². The Hall–Kier alpha value is -1.16. The molecule has 1 aliphatic carbocycles. The zero-order chi connectivity index (χ0) is 12.8. The Morgan fingerprint density at radius 1 is 1.65 bits per heavy atom. The summed E-state index contributed by atoms with van der Waals surface area (Å²) in [6.07, 6.45) is 5.62. The number of Topliss-reactive ketones (excluding diaryl/α,β-unsaturated/α-hetero) is 1. The second-order valence-corrected chi connectivity index (χ2v) is 4.43. The van der Waals surface area contributed by atoms with Gasteiger partial charge in [0.05, 0.1) is 12.0 Å². The van der Waals surface area contributed by atoms with Crippen molar-refractivity contribution in [2.75, 3.05) is 7.11 Å². The number of methoxy groups -OCH3 is 1. The molecule has 0 heterocycles. The number of rotatable bonds is 6. The topological polar surface area (TPSA) is 63.6 Å². The molecule has 0 amide bonds. The highest BCUT2D eigenvalue weighted by atomic mass is 16.5. The van der Waals surface area contributed by atoms with Crippen LogP contribution in [0.2, 0.25) is 0 Å². The Kier molecular flexibility index (Phi) is 5.35. The lowest BCUT2D eigenvalue weighted by Gasteiger charge is -2.23. The summed E-state index contributed by atoms with van der Waals surface area (Å²) in [6.45, 7) is 2.01. The van der Waals surface area contributed by atoms with E-state index in [-0.39, 0.29) is 30.1 Å². The van der Waals surface area contributed by atoms with Crippen LogP contribution in [-0.2, 0) is 14.3 Å². The van der Waals surface area contributed by atoms with E-state index in [1.54, 1.807) is 7.11 Å². The summed E-state index contributed by atoms with van der Waals surface area (Å²) in [7, 11) is 1.56.